The standard InChI is InChI=1S/C19H19BrN2O2/c1-24-19(23)17(21)10-14-12-22(18-5-3-2-4-16(14)18)11-13-6-8-15(20)9-7-13/h2-9,12,17H,10-11,21H2,1H3. The number of methoxy groups -OCH3 is 1. The fourth-order valence-electron chi connectivity index (χ4n) is 2.87. The van der Waals surface area contributed by atoms with E-state index < -0.39 is 6.04 Å². The molecule has 1 aromatic heterocycles. The summed E-state index contributed by atoms with van der Waals surface area (Å²) in [6.07, 6.45) is 2.54. The number of carbonyl (C=O) groups is 1. The Balaban J connectivity index is 1.94. The first-order chi connectivity index (χ1) is 11.6. The number of fused-ring (bicyclic) bond motifs is 1. The van der Waals surface area contributed by atoms with Gasteiger partial charge in [0.05, 0.1) is 7.11 Å². The Kier molecular flexibility index (Phi) is 5.02. The van der Waals surface area contributed by atoms with E-state index in [9.17, 15) is 4.79 Å². The van der Waals surface area contributed by atoms with Crippen molar-refractivity contribution in [2.24, 2.45) is 5.73 Å². The maximum Gasteiger partial charge on any atom is 0.322 e. The molecule has 0 saturated heterocycles. The summed E-state index contributed by atoms with van der Waals surface area (Å²) in [6, 6.07) is 15.8. The van der Waals surface area contributed by atoms with Crippen molar-refractivity contribution in [3.63, 3.8) is 0 Å². The molecule has 1 unspecified atom stereocenters. The van der Waals surface area contributed by atoms with Gasteiger partial charge < -0.3 is 15.0 Å². The molecular weight excluding hydrogens is 368 g/mol. The molecule has 3 aromatic rings. The van der Waals surface area contributed by atoms with E-state index in [2.05, 4.69) is 51.0 Å². The third-order valence-corrected chi connectivity index (χ3v) is 4.61. The van der Waals surface area contributed by atoms with E-state index >= 15 is 0 Å². The first kappa shape index (κ1) is 16.7. The zero-order chi connectivity index (χ0) is 17.1. The molecule has 124 valence electrons. The molecule has 24 heavy (non-hydrogen) atoms. The van der Waals surface area contributed by atoms with Gasteiger partial charge in [-0.25, -0.2) is 0 Å². The highest BCUT2D eigenvalue weighted by molar-refractivity contribution is 9.10. The van der Waals surface area contributed by atoms with Crippen LogP contribution in [0.4, 0.5) is 0 Å². The molecule has 4 nitrogen and oxygen atoms in total. The Morgan fingerprint density at radius 2 is 1.92 bits per heavy atom. The molecule has 0 bridgehead atoms. The van der Waals surface area contributed by atoms with Gasteiger partial charge in [0.1, 0.15) is 6.04 Å². The van der Waals surface area contributed by atoms with Gasteiger partial charge in [-0.3, -0.25) is 4.79 Å². The second-order valence-electron chi connectivity index (χ2n) is 5.76. The maximum atomic E-state index is 11.6. The van der Waals surface area contributed by atoms with Crippen molar-refractivity contribution < 1.29 is 9.53 Å². The van der Waals surface area contributed by atoms with Crippen LogP contribution >= 0.6 is 15.9 Å². The fourth-order valence-corrected chi connectivity index (χ4v) is 3.14. The Hall–Kier alpha value is -2.11. The number of ether oxygens (including phenoxy) is 1. The smallest absolute Gasteiger partial charge is 0.322 e. The highest BCUT2D eigenvalue weighted by atomic mass is 79.9. The molecular formula is C19H19BrN2O2. The van der Waals surface area contributed by atoms with Crippen LogP contribution in [-0.2, 0) is 22.5 Å². The number of benzene rings is 2. The highest BCUT2D eigenvalue weighted by Gasteiger charge is 2.17. The first-order valence-corrected chi connectivity index (χ1v) is 8.52. The molecule has 2 N–H and O–H groups in total. The lowest BCUT2D eigenvalue weighted by Crippen LogP contribution is -2.33. The largest absolute Gasteiger partial charge is 0.468 e. The lowest BCUT2D eigenvalue weighted by Gasteiger charge is -2.08. The Morgan fingerprint density at radius 3 is 2.62 bits per heavy atom. The summed E-state index contributed by atoms with van der Waals surface area (Å²) < 4.78 is 7.99. The topological polar surface area (TPSA) is 57.2 Å². The highest BCUT2D eigenvalue weighted by Crippen LogP contribution is 2.24. The lowest BCUT2D eigenvalue weighted by molar-refractivity contribution is -0.142. The minimum absolute atomic E-state index is 0.389. The summed E-state index contributed by atoms with van der Waals surface area (Å²) in [5, 5.41) is 1.12. The Bertz CT molecular complexity index is 855. The molecule has 0 aliphatic heterocycles. The zero-order valence-electron chi connectivity index (χ0n) is 13.4. The van der Waals surface area contributed by atoms with Gasteiger partial charge >= 0.3 is 5.97 Å². The van der Waals surface area contributed by atoms with Crippen molar-refractivity contribution >= 4 is 32.8 Å². The molecule has 1 heterocycles. The van der Waals surface area contributed by atoms with Gasteiger partial charge in [-0.2, -0.15) is 0 Å². The summed E-state index contributed by atoms with van der Waals surface area (Å²) in [5.41, 5.74) is 9.34. The zero-order valence-corrected chi connectivity index (χ0v) is 15.0. The molecule has 0 spiro atoms. The minimum Gasteiger partial charge on any atom is -0.468 e. The number of nitrogens with zero attached hydrogens (tertiary/aromatic N) is 1. The summed E-state index contributed by atoms with van der Waals surface area (Å²) >= 11 is 3.46. The van der Waals surface area contributed by atoms with Crippen LogP contribution in [0.25, 0.3) is 10.9 Å². The number of aromatic nitrogens is 1. The Morgan fingerprint density at radius 1 is 1.21 bits per heavy atom. The van der Waals surface area contributed by atoms with Crippen LogP contribution in [0.3, 0.4) is 0 Å². The number of halogens is 1. The predicted octanol–water partition coefficient (Wildman–Crippen LogP) is 3.49. The van der Waals surface area contributed by atoms with Crippen LogP contribution in [0.1, 0.15) is 11.1 Å². The molecule has 0 amide bonds. The molecule has 1 atom stereocenters. The van der Waals surface area contributed by atoms with Crippen molar-refractivity contribution in [2.45, 2.75) is 19.0 Å². The summed E-state index contributed by atoms with van der Waals surface area (Å²) in [6.45, 7) is 0.765. The van der Waals surface area contributed by atoms with Gasteiger partial charge in [-0.05, 0) is 29.3 Å². The predicted molar refractivity (Wildman–Crippen MR) is 98.9 cm³/mol. The van der Waals surface area contributed by atoms with Crippen molar-refractivity contribution in [1.29, 1.82) is 0 Å². The number of hydrogen-bond acceptors (Lipinski definition) is 3. The van der Waals surface area contributed by atoms with Crippen molar-refractivity contribution in [3.8, 4) is 0 Å². The summed E-state index contributed by atoms with van der Waals surface area (Å²) in [7, 11) is 1.36. The van der Waals surface area contributed by atoms with Crippen molar-refractivity contribution in [3.05, 3.63) is 70.3 Å². The van der Waals surface area contributed by atoms with Gasteiger partial charge in [0, 0.05) is 34.5 Å². The molecule has 5 heteroatoms. The lowest BCUT2D eigenvalue weighted by atomic mass is 10.1. The van der Waals surface area contributed by atoms with Crippen LogP contribution in [-0.4, -0.2) is 23.7 Å². The molecule has 2 aromatic carbocycles. The van der Waals surface area contributed by atoms with Crippen LogP contribution < -0.4 is 5.73 Å². The van der Waals surface area contributed by atoms with Crippen LogP contribution in [0, 0.1) is 0 Å². The second kappa shape index (κ2) is 7.20. The molecule has 0 radical (unpaired) electrons. The third kappa shape index (κ3) is 3.52. The van der Waals surface area contributed by atoms with E-state index in [0.29, 0.717) is 6.42 Å². The van der Waals surface area contributed by atoms with Crippen LogP contribution in [0.2, 0.25) is 0 Å². The van der Waals surface area contributed by atoms with E-state index in [-0.39, 0.29) is 5.97 Å². The number of nitrogens with two attached hydrogens (primary N) is 1. The molecule has 0 fully saturated rings. The van der Waals surface area contributed by atoms with Gasteiger partial charge in [-0.1, -0.05) is 46.3 Å². The first-order valence-electron chi connectivity index (χ1n) is 7.73. The van der Waals surface area contributed by atoms with Gasteiger partial charge in [0.25, 0.3) is 0 Å². The minimum atomic E-state index is -0.651. The maximum absolute atomic E-state index is 11.6. The number of carbonyl (C=O) groups excluding carboxylic acids is 1. The molecule has 0 saturated carbocycles. The van der Waals surface area contributed by atoms with E-state index in [1.807, 2.05) is 24.3 Å². The third-order valence-electron chi connectivity index (χ3n) is 4.08. The van der Waals surface area contributed by atoms with Gasteiger partial charge in [0.2, 0.25) is 0 Å². The number of para-hydroxylation sites is 1. The van der Waals surface area contributed by atoms with E-state index in [4.69, 9.17) is 10.5 Å². The van der Waals surface area contributed by atoms with Crippen LogP contribution in [0.5, 0.6) is 0 Å². The molecule has 0 aliphatic rings. The Labute approximate surface area is 149 Å². The van der Waals surface area contributed by atoms with E-state index in [1.165, 1.54) is 12.7 Å². The fraction of sp³-hybridized carbons (Fsp3) is 0.211. The number of rotatable bonds is 5. The number of hydrogen-bond donors (Lipinski definition) is 1. The monoisotopic (exact) mass is 386 g/mol. The average Bonchev–Trinajstić information content (AvgIpc) is 2.94. The second-order valence-corrected chi connectivity index (χ2v) is 6.68. The van der Waals surface area contributed by atoms with Gasteiger partial charge in [-0.15, -0.1) is 0 Å². The van der Waals surface area contributed by atoms with Crippen LogP contribution in [0.15, 0.2) is 59.2 Å². The quantitative estimate of drug-likeness (QED) is 0.682. The van der Waals surface area contributed by atoms with Crippen molar-refractivity contribution in [2.75, 3.05) is 7.11 Å². The molecule has 3 rings (SSSR count). The van der Waals surface area contributed by atoms with Gasteiger partial charge in [0.15, 0.2) is 0 Å². The SMILES string of the molecule is COC(=O)C(N)Cc1cn(Cc2ccc(Br)cc2)c2ccccc12. The summed E-state index contributed by atoms with van der Waals surface area (Å²) in [5.74, 6) is -0.389. The molecule has 0 aliphatic carbocycles. The normalized spacial score (nSPS) is 12.3. The van der Waals surface area contributed by atoms with E-state index in [0.717, 1.165) is 27.5 Å². The van der Waals surface area contributed by atoms with Crippen molar-refractivity contribution in [1.82, 2.24) is 4.57 Å². The summed E-state index contributed by atoms with van der Waals surface area (Å²) in [4.78, 5) is 11.6. The van der Waals surface area contributed by atoms with E-state index in [1.54, 1.807) is 0 Å². The average molecular weight is 387 g/mol. The number of esters is 1.